The maximum atomic E-state index is 11.8. The Bertz CT molecular complexity index is 452. The van der Waals surface area contributed by atoms with Gasteiger partial charge in [0.2, 0.25) is 10.0 Å². The first-order valence-electron chi connectivity index (χ1n) is 7.50. The van der Waals surface area contributed by atoms with Crippen molar-refractivity contribution < 1.29 is 8.42 Å². The van der Waals surface area contributed by atoms with Gasteiger partial charge in [0.05, 0.1) is 5.75 Å². The zero-order valence-corrected chi connectivity index (χ0v) is 12.4. The lowest BCUT2D eigenvalue weighted by Crippen LogP contribution is -2.54. The lowest BCUT2D eigenvalue weighted by atomic mass is 9.71. The molecule has 0 spiro atoms. The predicted molar refractivity (Wildman–Crippen MR) is 76.3 cm³/mol. The van der Waals surface area contributed by atoms with E-state index in [0.29, 0.717) is 25.2 Å². The fourth-order valence-corrected chi connectivity index (χ4v) is 4.83. The number of hydrogen-bond donors (Lipinski definition) is 1. The summed E-state index contributed by atoms with van der Waals surface area (Å²) in [5, 5.41) is 3.74. The van der Waals surface area contributed by atoms with Crippen molar-refractivity contribution in [3.05, 3.63) is 12.2 Å². The molecule has 0 aromatic heterocycles. The smallest absolute Gasteiger partial charge is 0.213 e. The summed E-state index contributed by atoms with van der Waals surface area (Å²) in [6, 6.07) is 1.14. The molecule has 1 aliphatic heterocycles. The first-order chi connectivity index (χ1) is 9.10. The number of nitrogens with zero attached hydrogens (tertiary/aromatic N) is 1. The molecule has 19 heavy (non-hydrogen) atoms. The summed E-state index contributed by atoms with van der Waals surface area (Å²) < 4.78 is 25.3. The summed E-state index contributed by atoms with van der Waals surface area (Å²) in [6.45, 7) is 3.09. The van der Waals surface area contributed by atoms with Crippen molar-refractivity contribution in [2.75, 3.05) is 18.8 Å². The Labute approximate surface area is 116 Å². The van der Waals surface area contributed by atoms with E-state index in [2.05, 4.69) is 17.5 Å². The van der Waals surface area contributed by atoms with Crippen molar-refractivity contribution in [3.8, 4) is 0 Å². The molecule has 3 aliphatic rings. The van der Waals surface area contributed by atoms with Gasteiger partial charge in [-0.05, 0) is 44.4 Å². The van der Waals surface area contributed by atoms with Crippen molar-refractivity contribution in [1.82, 2.24) is 9.62 Å². The summed E-state index contributed by atoms with van der Waals surface area (Å²) in [6.07, 6.45) is 9.14. The Balaban J connectivity index is 1.47. The van der Waals surface area contributed by atoms with E-state index in [1.54, 1.807) is 11.2 Å². The second kappa shape index (κ2) is 5.19. The molecule has 1 saturated carbocycles. The third-order valence-corrected chi connectivity index (χ3v) is 6.91. The Kier molecular flexibility index (Phi) is 3.71. The van der Waals surface area contributed by atoms with E-state index in [9.17, 15) is 8.42 Å². The quantitative estimate of drug-likeness (QED) is 0.793. The van der Waals surface area contributed by atoms with Crippen molar-refractivity contribution in [3.63, 3.8) is 0 Å². The molecule has 0 radical (unpaired) electrons. The number of hydrogen-bond acceptors (Lipinski definition) is 3. The van der Waals surface area contributed by atoms with E-state index >= 15 is 0 Å². The second-order valence-corrected chi connectivity index (χ2v) is 8.34. The highest BCUT2D eigenvalue weighted by atomic mass is 32.2. The number of piperidine rings is 1. The van der Waals surface area contributed by atoms with Gasteiger partial charge in [-0.3, -0.25) is 0 Å². The molecule has 108 valence electrons. The average molecular weight is 284 g/mol. The van der Waals surface area contributed by atoms with Crippen molar-refractivity contribution in [2.45, 2.75) is 44.7 Å². The molecule has 0 aromatic rings. The summed E-state index contributed by atoms with van der Waals surface area (Å²) in [5.41, 5.74) is 0. The maximum absolute atomic E-state index is 11.8. The minimum atomic E-state index is -2.98. The standard InChI is InChI=1S/C14H24N2O2S/c1-2-19(17,18)16-8-6-12(7-9-16)15-14-10-11-4-3-5-13(11)14/h3,5,11-15H,2,4,6-10H2,1H3. The van der Waals surface area contributed by atoms with Crippen LogP contribution in [0.2, 0.25) is 0 Å². The van der Waals surface area contributed by atoms with E-state index in [-0.39, 0.29) is 5.75 Å². The SMILES string of the molecule is CCS(=O)(=O)N1CCC(NC2CC3CC=CC32)CC1. The molecule has 1 N–H and O–H groups in total. The van der Waals surface area contributed by atoms with E-state index < -0.39 is 10.0 Å². The third kappa shape index (κ3) is 2.60. The monoisotopic (exact) mass is 284 g/mol. The molecule has 3 unspecified atom stereocenters. The van der Waals surface area contributed by atoms with Gasteiger partial charge in [-0.1, -0.05) is 12.2 Å². The highest BCUT2D eigenvalue weighted by Gasteiger charge is 2.42. The van der Waals surface area contributed by atoms with Crippen LogP contribution in [0.1, 0.15) is 32.6 Å². The van der Waals surface area contributed by atoms with Gasteiger partial charge in [-0.25, -0.2) is 12.7 Å². The highest BCUT2D eigenvalue weighted by molar-refractivity contribution is 7.89. The van der Waals surface area contributed by atoms with Crippen LogP contribution in [0.4, 0.5) is 0 Å². The van der Waals surface area contributed by atoms with Gasteiger partial charge >= 0.3 is 0 Å². The van der Waals surface area contributed by atoms with Gasteiger partial charge in [0.1, 0.15) is 0 Å². The normalized spacial score (nSPS) is 36.2. The van der Waals surface area contributed by atoms with Crippen LogP contribution < -0.4 is 5.32 Å². The minimum absolute atomic E-state index is 0.224. The topological polar surface area (TPSA) is 49.4 Å². The summed E-state index contributed by atoms with van der Waals surface area (Å²) in [7, 11) is -2.98. The molecule has 1 saturated heterocycles. The third-order valence-electron chi connectivity index (χ3n) is 5.02. The molecular formula is C14H24N2O2S. The number of fused-ring (bicyclic) bond motifs is 1. The van der Waals surface area contributed by atoms with Crippen LogP contribution in [0.15, 0.2) is 12.2 Å². The Morgan fingerprint density at radius 3 is 2.68 bits per heavy atom. The number of allylic oxidation sites excluding steroid dienone is 1. The van der Waals surface area contributed by atoms with Crippen LogP contribution in [-0.2, 0) is 10.0 Å². The van der Waals surface area contributed by atoms with Crippen LogP contribution in [-0.4, -0.2) is 43.6 Å². The van der Waals surface area contributed by atoms with Gasteiger partial charge in [-0.2, -0.15) is 0 Å². The zero-order chi connectivity index (χ0) is 13.5. The minimum Gasteiger partial charge on any atom is -0.311 e. The fraction of sp³-hybridized carbons (Fsp3) is 0.857. The van der Waals surface area contributed by atoms with Crippen LogP contribution >= 0.6 is 0 Å². The van der Waals surface area contributed by atoms with Crippen molar-refractivity contribution >= 4 is 10.0 Å². The zero-order valence-electron chi connectivity index (χ0n) is 11.6. The molecule has 0 amide bonds. The number of rotatable bonds is 4. The molecule has 3 atom stereocenters. The summed E-state index contributed by atoms with van der Waals surface area (Å²) in [5.74, 6) is 1.86. The molecule has 2 fully saturated rings. The molecule has 2 aliphatic carbocycles. The lowest BCUT2D eigenvalue weighted by molar-refractivity contribution is 0.136. The Morgan fingerprint density at radius 2 is 2.05 bits per heavy atom. The average Bonchev–Trinajstić information content (AvgIpc) is 2.78. The van der Waals surface area contributed by atoms with Gasteiger partial charge < -0.3 is 5.32 Å². The molecule has 4 nitrogen and oxygen atoms in total. The summed E-state index contributed by atoms with van der Waals surface area (Å²) >= 11 is 0. The second-order valence-electron chi connectivity index (χ2n) is 6.08. The highest BCUT2D eigenvalue weighted by Crippen LogP contribution is 2.43. The molecule has 1 heterocycles. The molecule has 5 heteroatoms. The Hall–Kier alpha value is -0.390. The van der Waals surface area contributed by atoms with Crippen LogP contribution in [0.3, 0.4) is 0 Å². The first-order valence-corrected chi connectivity index (χ1v) is 9.11. The van der Waals surface area contributed by atoms with E-state index in [1.807, 2.05) is 0 Å². The van der Waals surface area contributed by atoms with Gasteiger partial charge in [0, 0.05) is 25.2 Å². The fourth-order valence-electron chi connectivity index (χ4n) is 3.69. The van der Waals surface area contributed by atoms with Crippen molar-refractivity contribution in [1.29, 1.82) is 0 Å². The molecule has 0 bridgehead atoms. The predicted octanol–water partition coefficient (Wildman–Crippen LogP) is 1.35. The first kappa shape index (κ1) is 13.6. The van der Waals surface area contributed by atoms with E-state index in [1.165, 1.54) is 12.8 Å². The lowest BCUT2D eigenvalue weighted by Gasteiger charge is -2.44. The van der Waals surface area contributed by atoms with Crippen LogP contribution in [0.25, 0.3) is 0 Å². The van der Waals surface area contributed by atoms with Crippen molar-refractivity contribution in [2.24, 2.45) is 11.8 Å². The Morgan fingerprint density at radius 1 is 1.32 bits per heavy atom. The molecule has 0 aromatic carbocycles. The van der Waals surface area contributed by atoms with Crippen LogP contribution in [0.5, 0.6) is 0 Å². The maximum Gasteiger partial charge on any atom is 0.213 e. The number of sulfonamides is 1. The van der Waals surface area contributed by atoms with Gasteiger partial charge in [0.25, 0.3) is 0 Å². The van der Waals surface area contributed by atoms with Crippen LogP contribution in [0, 0.1) is 11.8 Å². The van der Waals surface area contributed by atoms with Gasteiger partial charge in [0.15, 0.2) is 0 Å². The van der Waals surface area contributed by atoms with E-state index in [0.717, 1.165) is 24.7 Å². The van der Waals surface area contributed by atoms with E-state index in [4.69, 9.17) is 0 Å². The molecule has 3 rings (SSSR count). The largest absolute Gasteiger partial charge is 0.311 e. The van der Waals surface area contributed by atoms with Gasteiger partial charge in [-0.15, -0.1) is 0 Å². The number of nitrogens with one attached hydrogen (secondary N) is 1. The summed E-state index contributed by atoms with van der Waals surface area (Å²) in [4.78, 5) is 0. The molecular weight excluding hydrogens is 260 g/mol.